The zero-order valence-corrected chi connectivity index (χ0v) is 12.3. The fourth-order valence-corrected chi connectivity index (χ4v) is 2.24. The van der Waals surface area contributed by atoms with Crippen LogP contribution in [-0.4, -0.2) is 16.1 Å². The molecule has 0 aliphatic carbocycles. The van der Waals surface area contributed by atoms with Crippen LogP contribution >= 0.6 is 11.3 Å². The van der Waals surface area contributed by atoms with E-state index in [1.807, 2.05) is 26.8 Å². The molecule has 0 aliphatic rings. The second-order valence-corrected chi connectivity index (χ2v) is 6.28. The smallest absolute Gasteiger partial charge is 0.257 e. The van der Waals surface area contributed by atoms with Gasteiger partial charge in [-0.2, -0.15) is 5.26 Å². The van der Waals surface area contributed by atoms with Crippen molar-refractivity contribution in [1.29, 1.82) is 5.26 Å². The van der Waals surface area contributed by atoms with E-state index in [4.69, 9.17) is 5.26 Å². The number of rotatable bonds is 2. The molecular formula is C14H14N4OS. The zero-order valence-electron chi connectivity index (χ0n) is 11.5. The zero-order chi connectivity index (χ0) is 14.8. The third-order valence-electron chi connectivity index (χ3n) is 2.56. The van der Waals surface area contributed by atoms with Crippen molar-refractivity contribution in [3.8, 4) is 6.07 Å². The van der Waals surface area contributed by atoms with Crippen LogP contribution in [0.1, 0.15) is 41.7 Å². The summed E-state index contributed by atoms with van der Waals surface area (Å²) in [5.41, 5.74) is 0.915. The van der Waals surface area contributed by atoms with Crippen LogP contribution in [0.4, 0.5) is 5.13 Å². The first-order valence-electron chi connectivity index (χ1n) is 6.05. The lowest BCUT2D eigenvalue weighted by Crippen LogP contribution is -2.11. The Labute approximate surface area is 121 Å². The Bertz CT molecular complexity index is 662. The molecule has 0 radical (unpaired) electrons. The van der Waals surface area contributed by atoms with Crippen molar-refractivity contribution in [2.24, 2.45) is 0 Å². The largest absolute Gasteiger partial charge is 0.296 e. The minimum absolute atomic E-state index is 0.0882. The van der Waals surface area contributed by atoms with Gasteiger partial charge in [0.15, 0.2) is 0 Å². The first-order valence-corrected chi connectivity index (χ1v) is 6.87. The van der Waals surface area contributed by atoms with Gasteiger partial charge in [-0.25, -0.2) is 0 Å². The van der Waals surface area contributed by atoms with Gasteiger partial charge in [0.1, 0.15) is 5.01 Å². The normalized spacial score (nSPS) is 10.9. The Morgan fingerprint density at radius 3 is 2.40 bits per heavy atom. The van der Waals surface area contributed by atoms with E-state index in [0.717, 1.165) is 5.01 Å². The highest BCUT2D eigenvalue weighted by Crippen LogP contribution is 2.27. The molecule has 1 N–H and O–H groups in total. The molecule has 1 aromatic heterocycles. The number of nitriles is 1. The quantitative estimate of drug-likeness (QED) is 0.920. The molecule has 0 aliphatic heterocycles. The van der Waals surface area contributed by atoms with Gasteiger partial charge in [0.25, 0.3) is 5.91 Å². The molecular weight excluding hydrogens is 272 g/mol. The number of hydrogen-bond donors (Lipinski definition) is 1. The average molecular weight is 286 g/mol. The molecule has 102 valence electrons. The van der Waals surface area contributed by atoms with Gasteiger partial charge in [0.05, 0.1) is 11.6 Å². The maximum absolute atomic E-state index is 12.0. The van der Waals surface area contributed by atoms with Gasteiger partial charge >= 0.3 is 0 Å². The number of hydrogen-bond acceptors (Lipinski definition) is 5. The summed E-state index contributed by atoms with van der Waals surface area (Å²) in [6, 6.07) is 8.45. The highest BCUT2D eigenvalue weighted by Gasteiger charge is 2.20. The van der Waals surface area contributed by atoms with Gasteiger partial charge in [0, 0.05) is 11.0 Å². The fraction of sp³-hybridized carbons (Fsp3) is 0.286. The van der Waals surface area contributed by atoms with Crippen LogP contribution in [0.3, 0.4) is 0 Å². The molecule has 1 heterocycles. The van der Waals surface area contributed by atoms with Crippen molar-refractivity contribution in [3.63, 3.8) is 0 Å². The molecule has 0 spiro atoms. The molecule has 0 fully saturated rings. The number of nitrogens with zero attached hydrogens (tertiary/aromatic N) is 3. The molecule has 2 aromatic rings. The molecule has 0 atom stereocenters. The van der Waals surface area contributed by atoms with Crippen LogP contribution in [0, 0.1) is 11.3 Å². The minimum atomic E-state index is -0.258. The van der Waals surface area contributed by atoms with Crippen LogP contribution in [-0.2, 0) is 5.41 Å². The highest BCUT2D eigenvalue weighted by atomic mass is 32.1. The summed E-state index contributed by atoms with van der Waals surface area (Å²) in [4.78, 5) is 12.0. The average Bonchev–Trinajstić information content (AvgIpc) is 2.87. The first kappa shape index (κ1) is 14.2. The number of carbonyl (C=O) groups is 1. The maximum Gasteiger partial charge on any atom is 0.257 e. The molecule has 1 amide bonds. The van der Waals surface area contributed by atoms with Crippen molar-refractivity contribution in [2.75, 3.05) is 5.32 Å². The van der Waals surface area contributed by atoms with Gasteiger partial charge < -0.3 is 0 Å². The number of nitrogens with one attached hydrogen (secondary N) is 1. The molecule has 0 bridgehead atoms. The summed E-state index contributed by atoms with van der Waals surface area (Å²) in [6.07, 6.45) is 0. The van der Waals surface area contributed by atoms with E-state index < -0.39 is 0 Å². The van der Waals surface area contributed by atoms with Crippen LogP contribution in [0.15, 0.2) is 24.3 Å². The van der Waals surface area contributed by atoms with Crippen molar-refractivity contribution < 1.29 is 4.79 Å². The number of aromatic nitrogens is 2. The van der Waals surface area contributed by atoms with Gasteiger partial charge in [-0.1, -0.05) is 32.1 Å². The molecule has 5 nitrogen and oxygen atoms in total. The Morgan fingerprint density at radius 2 is 1.90 bits per heavy atom. The van der Waals surface area contributed by atoms with Crippen molar-refractivity contribution in [2.45, 2.75) is 26.2 Å². The maximum atomic E-state index is 12.0. The molecule has 1 aromatic carbocycles. The van der Waals surface area contributed by atoms with Crippen molar-refractivity contribution in [1.82, 2.24) is 10.2 Å². The lowest BCUT2D eigenvalue weighted by atomic mass is 9.98. The topological polar surface area (TPSA) is 78.7 Å². The lowest BCUT2D eigenvalue weighted by molar-refractivity contribution is 0.102. The lowest BCUT2D eigenvalue weighted by Gasteiger charge is -2.12. The summed E-state index contributed by atoms with van der Waals surface area (Å²) in [6.45, 7) is 6.12. The molecule has 6 heteroatoms. The van der Waals surface area contributed by atoms with E-state index in [2.05, 4.69) is 15.5 Å². The van der Waals surface area contributed by atoms with Crippen LogP contribution in [0.5, 0.6) is 0 Å². The Balaban J connectivity index is 2.11. The molecule has 20 heavy (non-hydrogen) atoms. The van der Waals surface area contributed by atoms with Gasteiger partial charge in [-0.15, -0.1) is 10.2 Å². The van der Waals surface area contributed by atoms with Gasteiger partial charge in [-0.3, -0.25) is 10.1 Å². The molecule has 0 unspecified atom stereocenters. The monoisotopic (exact) mass is 286 g/mol. The minimum Gasteiger partial charge on any atom is -0.296 e. The van der Waals surface area contributed by atoms with E-state index in [0.29, 0.717) is 16.3 Å². The fourth-order valence-electron chi connectivity index (χ4n) is 1.44. The van der Waals surface area contributed by atoms with E-state index in [-0.39, 0.29) is 11.3 Å². The Hall–Kier alpha value is -2.26. The van der Waals surface area contributed by atoms with E-state index in [1.165, 1.54) is 11.3 Å². The van der Waals surface area contributed by atoms with Gasteiger partial charge in [0.2, 0.25) is 5.13 Å². The summed E-state index contributed by atoms with van der Waals surface area (Å²) in [5, 5.41) is 20.8. The molecule has 0 saturated carbocycles. The number of amides is 1. The Kier molecular flexibility index (Phi) is 3.81. The first-order chi connectivity index (χ1) is 9.40. The van der Waals surface area contributed by atoms with Crippen molar-refractivity contribution >= 4 is 22.4 Å². The Morgan fingerprint density at radius 1 is 1.25 bits per heavy atom. The third-order valence-corrected chi connectivity index (χ3v) is 3.83. The predicted octanol–water partition coefficient (Wildman–Crippen LogP) is 2.96. The summed E-state index contributed by atoms with van der Waals surface area (Å²) in [5.74, 6) is -0.258. The van der Waals surface area contributed by atoms with E-state index in [1.54, 1.807) is 24.3 Å². The van der Waals surface area contributed by atoms with Gasteiger partial charge in [-0.05, 0) is 24.3 Å². The van der Waals surface area contributed by atoms with E-state index >= 15 is 0 Å². The predicted molar refractivity (Wildman–Crippen MR) is 77.7 cm³/mol. The van der Waals surface area contributed by atoms with E-state index in [9.17, 15) is 4.79 Å². The second kappa shape index (κ2) is 5.39. The molecule has 0 saturated heterocycles. The third kappa shape index (κ3) is 3.19. The second-order valence-electron chi connectivity index (χ2n) is 5.31. The summed E-state index contributed by atoms with van der Waals surface area (Å²) in [7, 11) is 0. The number of anilines is 1. The summed E-state index contributed by atoms with van der Waals surface area (Å²) < 4.78 is 0. The van der Waals surface area contributed by atoms with Crippen LogP contribution < -0.4 is 5.32 Å². The standard InChI is InChI=1S/C14H14N4OS/c1-14(2,3)12-17-18-13(20-12)16-11(19)10-6-4-9(8-15)5-7-10/h4-7H,1-3H3,(H,16,18,19). The number of benzene rings is 1. The van der Waals surface area contributed by atoms with Crippen LogP contribution in [0.2, 0.25) is 0 Å². The van der Waals surface area contributed by atoms with Crippen molar-refractivity contribution in [3.05, 3.63) is 40.4 Å². The highest BCUT2D eigenvalue weighted by molar-refractivity contribution is 7.15. The SMILES string of the molecule is CC(C)(C)c1nnc(NC(=O)c2ccc(C#N)cc2)s1. The molecule has 2 rings (SSSR count). The summed E-state index contributed by atoms with van der Waals surface area (Å²) >= 11 is 1.36. The number of carbonyl (C=O) groups excluding carboxylic acids is 1. The van der Waals surface area contributed by atoms with Crippen LogP contribution in [0.25, 0.3) is 0 Å².